The van der Waals surface area contributed by atoms with E-state index in [4.69, 9.17) is 0 Å². The Labute approximate surface area is 162 Å². The number of benzene rings is 2. The molecule has 0 heterocycles. The molecule has 1 aliphatic rings. The highest BCUT2D eigenvalue weighted by Crippen LogP contribution is 2.47. The minimum absolute atomic E-state index is 0.233. The summed E-state index contributed by atoms with van der Waals surface area (Å²) in [6.45, 7) is 1.92. The van der Waals surface area contributed by atoms with Crippen molar-refractivity contribution in [1.82, 2.24) is 4.90 Å². The molecule has 0 saturated heterocycles. The maximum absolute atomic E-state index is 14.5. The van der Waals surface area contributed by atoms with E-state index in [9.17, 15) is 9.65 Å². The maximum atomic E-state index is 14.5. The second kappa shape index (κ2) is 9.15. The Morgan fingerprint density at radius 2 is 1.78 bits per heavy atom. The van der Waals surface area contributed by atoms with Crippen molar-refractivity contribution in [1.29, 1.82) is 5.26 Å². The monoisotopic (exact) mass is 364 g/mol. The lowest BCUT2D eigenvalue weighted by Crippen LogP contribution is -2.39. The number of hydrogen-bond acceptors (Lipinski definition) is 2. The zero-order valence-corrected chi connectivity index (χ0v) is 16.2. The summed E-state index contributed by atoms with van der Waals surface area (Å²) in [5.74, 6) is 0.0532. The predicted molar refractivity (Wildman–Crippen MR) is 108 cm³/mol. The van der Waals surface area contributed by atoms with Gasteiger partial charge in [0, 0.05) is 12.1 Å². The third-order valence-electron chi connectivity index (χ3n) is 6.09. The first-order valence-electron chi connectivity index (χ1n) is 10.0. The summed E-state index contributed by atoms with van der Waals surface area (Å²) in [6.07, 6.45) is 5.88. The average molecular weight is 365 g/mol. The van der Waals surface area contributed by atoms with Gasteiger partial charge in [-0.2, -0.15) is 5.26 Å². The van der Waals surface area contributed by atoms with Gasteiger partial charge in [-0.15, -0.1) is 0 Å². The highest BCUT2D eigenvalue weighted by atomic mass is 19.1. The standard InChI is InChI=1S/C24H29FN2/c1-27(18-15-20-9-3-2-4-10-20)17-8-16-24(19-26,21-11-7-12-21)22-13-5-6-14-23(22)25/h2-6,9-10,13-14,21H,7-8,11-12,15-18H2,1H3. The molecule has 0 aliphatic heterocycles. The minimum atomic E-state index is -0.677. The normalized spacial score (nSPS) is 16.5. The highest BCUT2D eigenvalue weighted by Gasteiger charge is 2.44. The van der Waals surface area contributed by atoms with Crippen LogP contribution in [-0.4, -0.2) is 25.0 Å². The highest BCUT2D eigenvalue weighted by molar-refractivity contribution is 5.35. The van der Waals surface area contributed by atoms with Gasteiger partial charge in [0.05, 0.1) is 11.5 Å². The van der Waals surface area contributed by atoms with Crippen LogP contribution in [0.25, 0.3) is 0 Å². The van der Waals surface area contributed by atoms with Gasteiger partial charge in [0.25, 0.3) is 0 Å². The van der Waals surface area contributed by atoms with E-state index < -0.39 is 5.41 Å². The fraction of sp³-hybridized carbons (Fsp3) is 0.458. The van der Waals surface area contributed by atoms with E-state index in [-0.39, 0.29) is 11.7 Å². The molecule has 2 aromatic rings. The van der Waals surface area contributed by atoms with Gasteiger partial charge in [-0.05, 0) is 63.2 Å². The van der Waals surface area contributed by atoms with Crippen LogP contribution in [0, 0.1) is 23.1 Å². The molecule has 3 rings (SSSR count). The fourth-order valence-corrected chi connectivity index (χ4v) is 4.19. The summed E-state index contributed by atoms with van der Waals surface area (Å²) in [5.41, 5.74) is 1.27. The second-order valence-corrected chi connectivity index (χ2v) is 7.83. The van der Waals surface area contributed by atoms with Crippen LogP contribution in [0.15, 0.2) is 54.6 Å². The summed E-state index contributed by atoms with van der Waals surface area (Å²) in [4.78, 5) is 2.32. The van der Waals surface area contributed by atoms with Crippen LogP contribution in [0.5, 0.6) is 0 Å². The van der Waals surface area contributed by atoms with Crippen molar-refractivity contribution in [3.63, 3.8) is 0 Å². The van der Waals surface area contributed by atoms with Crippen molar-refractivity contribution in [2.45, 2.75) is 43.9 Å². The molecule has 1 saturated carbocycles. The third kappa shape index (κ3) is 4.57. The van der Waals surface area contributed by atoms with E-state index in [2.05, 4.69) is 42.3 Å². The first-order chi connectivity index (χ1) is 13.2. The van der Waals surface area contributed by atoms with Gasteiger partial charge in [-0.25, -0.2) is 4.39 Å². The lowest BCUT2D eigenvalue weighted by atomic mass is 9.60. The number of halogens is 1. The van der Waals surface area contributed by atoms with E-state index in [0.29, 0.717) is 5.56 Å². The Bertz CT molecular complexity index is 763. The number of nitrogens with zero attached hydrogens (tertiary/aromatic N) is 2. The van der Waals surface area contributed by atoms with Crippen molar-refractivity contribution < 1.29 is 4.39 Å². The van der Waals surface area contributed by atoms with Gasteiger partial charge in [-0.3, -0.25) is 0 Å². The lowest BCUT2D eigenvalue weighted by molar-refractivity contribution is 0.185. The van der Waals surface area contributed by atoms with Crippen LogP contribution in [0.3, 0.4) is 0 Å². The fourth-order valence-electron chi connectivity index (χ4n) is 4.19. The Balaban J connectivity index is 1.60. The van der Waals surface area contributed by atoms with Crippen molar-refractivity contribution in [3.05, 3.63) is 71.5 Å². The number of hydrogen-bond donors (Lipinski definition) is 0. The molecule has 2 nitrogen and oxygen atoms in total. The van der Waals surface area contributed by atoms with Crippen LogP contribution < -0.4 is 0 Å². The number of rotatable bonds is 9. The van der Waals surface area contributed by atoms with E-state index in [1.165, 1.54) is 11.6 Å². The Hall–Kier alpha value is -2.18. The molecule has 0 amide bonds. The zero-order chi connectivity index (χ0) is 19.1. The smallest absolute Gasteiger partial charge is 0.128 e. The predicted octanol–water partition coefficient (Wildman–Crippen LogP) is 5.34. The SMILES string of the molecule is CN(CCCC(C#N)(c1ccccc1F)C1CCC1)CCc1ccccc1. The first-order valence-corrected chi connectivity index (χ1v) is 10.0. The van der Waals surface area contributed by atoms with Gasteiger partial charge < -0.3 is 4.90 Å². The zero-order valence-electron chi connectivity index (χ0n) is 16.2. The molecule has 1 aliphatic carbocycles. The quantitative estimate of drug-likeness (QED) is 0.600. The summed E-state index contributed by atoms with van der Waals surface area (Å²) in [6, 6.07) is 19.9. The molecule has 142 valence electrons. The molecule has 1 fully saturated rings. The van der Waals surface area contributed by atoms with Crippen molar-refractivity contribution in [3.8, 4) is 6.07 Å². The van der Waals surface area contributed by atoms with Gasteiger partial charge in [0.15, 0.2) is 0 Å². The van der Waals surface area contributed by atoms with E-state index >= 15 is 0 Å². The molecule has 3 heteroatoms. The summed E-state index contributed by atoms with van der Waals surface area (Å²) in [7, 11) is 2.13. The van der Waals surface area contributed by atoms with Crippen LogP contribution >= 0.6 is 0 Å². The lowest BCUT2D eigenvalue weighted by Gasteiger charge is -2.41. The van der Waals surface area contributed by atoms with E-state index in [1.807, 2.05) is 18.2 Å². The Morgan fingerprint density at radius 1 is 1.07 bits per heavy atom. The van der Waals surface area contributed by atoms with Crippen molar-refractivity contribution >= 4 is 0 Å². The number of likely N-dealkylation sites (N-methyl/N-ethyl adjacent to an activating group) is 1. The molecule has 0 N–H and O–H groups in total. The van der Waals surface area contributed by atoms with Gasteiger partial charge in [-0.1, -0.05) is 55.0 Å². The van der Waals surface area contributed by atoms with Crippen molar-refractivity contribution in [2.75, 3.05) is 20.1 Å². The molecular weight excluding hydrogens is 335 g/mol. The molecule has 2 aromatic carbocycles. The second-order valence-electron chi connectivity index (χ2n) is 7.83. The van der Waals surface area contributed by atoms with Crippen LogP contribution in [-0.2, 0) is 11.8 Å². The molecule has 1 atom stereocenters. The largest absolute Gasteiger partial charge is 0.306 e. The van der Waals surface area contributed by atoms with Crippen LogP contribution in [0.4, 0.5) is 4.39 Å². The summed E-state index contributed by atoms with van der Waals surface area (Å²) in [5, 5.41) is 10.1. The number of nitriles is 1. The maximum Gasteiger partial charge on any atom is 0.128 e. The molecule has 1 unspecified atom stereocenters. The Morgan fingerprint density at radius 3 is 2.41 bits per heavy atom. The third-order valence-corrected chi connectivity index (χ3v) is 6.09. The summed E-state index contributed by atoms with van der Waals surface area (Å²) < 4.78 is 14.5. The van der Waals surface area contributed by atoms with E-state index in [0.717, 1.165) is 51.6 Å². The molecular formula is C24H29FN2. The van der Waals surface area contributed by atoms with E-state index in [1.54, 1.807) is 6.07 Å². The van der Waals surface area contributed by atoms with Crippen molar-refractivity contribution in [2.24, 2.45) is 5.92 Å². The molecule has 0 radical (unpaired) electrons. The van der Waals surface area contributed by atoms with Crippen LogP contribution in [0.2, 0.25) is 0 Å². The van der Waals surface area contributed by atoms with Gasteiger partial charge in [0.1, 0.15) is 5.82 Å². The molecule has 0 bridgehead atoms. The summed E-state index contributed by atoms with van der Waals surface area (Å²) >= 11 is 0. The minimum Gasteiger partial charge on any atom is -0.306 e. The average Bonchev–Trinajstić information content (AvgIpc) is 2.65. The molecule has 27 heavy (non-hydrogen) atoms. The van der Waals surface area contributed by atoms with Gasteiger partial charge >= 0.3 is 0 Å². The van der Waals surface area contributed by atoms with Crippen LogP contribution in [0.1, 0.15) is 43.2 Å². The Kier molecular flexibility index (Phi) is 6.63. The molecule has 0 spiro atoms. The molecule has 0 aromatic heterocycles. The first kappa shape index (κ1) is 19.6. The van der Waals surface area contributed by atoms with Gasteiger partial charge in [0.2, 0.25) is 0 Å². The topological polar surface area (TPSA) is 27.0 Å².